The molecule has 138 valence electrons. The first kappa shape index (κ1) is 20.2. The summed E-state index contributed by atoms with van der Waals surface area (Å²) < 4.78 is 16.6. The van der Waals surface area contributed by atoms with Crippen LogP contribution in [0.25, 0.3) is 0 Å². The van der Waals surface area contributed by atoms with E-state index in [1.807, 2.05) is 0 Å². The molecule has 0 aliphatic heterocycles. The Bertz CT molecular complexity index is 811. The number of rotatable bonds is 7. The van der Waals surface area contributed by atoms with Gasteiger partial charge in [-0.3, -0.25) is 19.1 Å². The van der Waals surface area contributed by atoms with Gasteiger partial charge in [0.2, 0.25) is 0 Å². The molecule has 2 rings (SSSR count). The Balaban J connectivity index is 1.94. The summed E-state index contributed by atoms with van der Waals surface area (Å²) in [4.78, 5) is 28.9. The fourth-order valence-corrected chi connectivity index (χ4v) is 3.65. The van der Waals surface area contributed by atoms with Gasteiger partial charge in [-0.25, -0.2) is 9.45 Å². The Morgan fingerprint density at radius 1 is 1.35 bits per heavy atom. The van der Waals surface area contributed by atoms with Crippen LogP contribution in [-0.2, 0) is 21.0 Å². The van der Waals surface area contributed by atoms with Crippen LogP contribution in [0.3, 0.4) is 0 Å². The maximum Gasteiger partial charge on any atom is 0.296 e. The van der Waals surface area contributed by atoms with Crippen LogP contribution in [0.15, 0.2) is 52.4 Å². The first-order chi connectivity index (χ1) is 12.4. The van der Waals surface area contributed by atoms with E-state index in [9.17, 15) is 19.1 Å². The molecule has 0 aliphatic carbocycles. The van der Waals surface area contributed by atoms with Crippen LogP contribution >= 0.6 is 34.9 Å². The van der Waals surface area contributed by atoms with Crippen molar-refractivity contribution in [3.63, 3.8) is 0 Å². The Kier molecular flexibility index (Phi) is 7.46. The summed E-state index contributed by atoms with van der Waals surface area (Å²) in [5, 5.41) is 10.7. The van der Waals surface area contributed by atoms with E-state index in [-0.39, 0.29) is 6.54 Å². The highest BCUT2D eigenvalue weighted by Crippen LogP contribution is 2.28. The molecular formula is C16H14ClFN2O4S2. The molecule has 0 radical (unpaired) electrons. The predicted molar refractivity (Wildman–Crippen MR) is 98.0 cm³/mol. The van der Waals surface area contributed by atoms with Crippen molar-refractivity contribution in [1.29, 1.82) is 0 Å². The molecule has 2 aromatic rings. The summed E-state index contributed by atoms with van der Waals surface area (Å²) in [6.07, 6.45) is 0.740. The van der Waals surface area contributed by atoms with Gasteiger partial charge in [0.25, 0.3) is 11.8 Å². The van der Waals surface area contributed by atoms with E-state index in [0.717, 1.165) is 27.3 Å². The maximum atomic E-state index is 12.9. The van der Waals surface area contributed by atoms with Gasteiger partial charge in [-0.05, 0) is 41.8 Å². The second-order valence-electron chi connectivity index (χ2n) is 4.81. The van der Waals surface area contributed by atoms with Crippen molar-refractivity contribution in [3.05, 3.63) is 64.0 Å². The van der Waals surface area contributed by atoms with Crippen LogP contribution in [0.2, 0.25) is 4.34 Å². The smallest absolute Gasteiger partial charge is 0.296 e. The van der Waals surface area contributed by atoms with Gasteiger partial charge in [0.1, 0.15) is 5.82 Å². The molecule has 0 saturated carbocycles. The number of carbonyl (C=O) groups excluding carboxylic acids is 2. The molecule has 0 unspecified atom stereocenters. The standard InChI is InChI=1S/C16H14ClFN2O4S2/c1-24-20(9-10-2-4-11(18)5-3-10)14(22)8-12(21)16(23)19-26-15-7-6-13(17)25-15/h2-8,21H,9H2,1H3,(H,19,23)/b12-8-. The lowest BCUT2D eigenvalue weighted by molar-refractivity contribution is -0.173. The van der Waals surface area contributed by atoms with Crippen LogP contribution in [-0.4, -0.2) is 29.1 Å². The summed E-state index contributed by atoms with van der Waals surface area (Å²) in [6.45, 7) is 0.0173. The molecule has 0 fully saturated rings. The second kappa shape index (κ2) is 9.58. The Morgan fingerprint density at radius 3 is 2.62 bits per heavy atom. The van der Waals surface area contributed by atoms with Crippen LogP contribution < -0.4 is 4.72 Å². The van der Waals surface area contributed by atoms with Gasteiger partial charge in [0, 0.05) is 0 Å². The van der Waals surface area contributed by atoms with Gasteiger partial charge in [0.15, 0.2) is 5.76 Å². The summed E-state index contributed by atoms with van der Waals surface area (Å²) in [5.74, 6) is -2.76. The minimum atomic E-state index is -0.842. The fourth-order valence-electron chi connectivity index (χ4n) is 1.74. The molecular weight excluding hydrogens is 403 g/mol. The van der Waals surface area contributed by atoms with Crippen molar-refractivity contribution in [1.82, 2.24) is 9.79 Å². The third-order valence-corrected chi connectivity index (χ3v) is 5.14. The summed E-state index contributed by atoms with van der Waals surface area (Å²) in [7, 11) is 1.27. The van der Waals surface area contributed by atoms with E-state index in [2.05, 4.69) is 4.72 Å². The van der Waals surface area contributed by atoms with Crippen molar-refractivity contribution in [2.75, 3.05) is 7.11 Å². The highest BCUT2D eigenvalue weighted by molar-refractivity contribution is 7.99. The number of carbonyl (C=O) groups is 2. The van der Waals surface area contributed by atoms with Crippen LogP contribution in [0.4, 0.5) is 4.39 Å². The lowest BCUT2D eigenvalue weighted by atomic mass is 10.2. The molecule has 6 nitrogen and oxygen atoms in total. The van der Waals surface area contributed by atoms with Crippen molar-refractivity contribution >= 4 is 46.7 Å². The summed E-state index contributed by atoms with van der Waals surface area (Å²) in [5.41, 5.74) is 0.615. The zero-order valence-electron chi connectivity index (χ0n) is 13.4. The van der Waals surface area contributed by atoms with Gasteiger partial charge in [-0.1, -0.05) is 23.7 Å². The zero-order valence-corrected chi connectivity index (χ0v) is 15.8. The SMILES string of the molecule is CON(Cc1ccc(F)cc1)C(=O)/C=C(\O)C(=O)NSc1ccc(Cl)s1. The summed E-state index contributed by atoms with van der Waals surface area (Å²) >= 11 is 8.00. The van der Waals surface area contributed by atoms with Crippen molar-refractivity contribution in [3.8, 4) is 0 Å². The van der Waals surface area contributed by atoms with Gasteiger partial charge in [-0.2, -0.15) is 0 Å². The van der Waals surface area contributed by atoms with Gasteiger partial charge in [0.05, 0.1) is 28.3 Å². The van der Waals surface area contributed by atoms with Gasteiger partial charge in [-0.15, -0.1) is 11.3 Å². The van der Waals surface area contributed by atoms with E-state index in [1.165, 1.54) is 42.7 Å². The molecule has 0 atom stereocenters. The van der Waals surface area contributed by atoms with Crippen molar-refractivity contribution in [2.24, 2.45) is 0 Å². The number of hydrogen-bond acceptors (Lipinski definition) is 6. The minimum Gasteiger partial charge on any atom is -0.503 e. The zero-order chi connectivity index (χ0) is 19.1. The number of hydrogen-bond donors (Lipinski definition) is 2. The molecule has 0 spiro atoms. The Labute approximate surface area is 162 Å². The predicted octanol–water partition coefficient (Wildman–Crippen LogP) is 3.70. The highest BCUT2D eigenvalue weighted by Gasteiger charge is 2.16. The number of benzene rings is 1. The molecule has 2 N–H and O–H groups in total. The topological polar surface area (TPSA) is 78.9 Å². The average Bonchev–Trinajstić information content (AvgIpc) is 3.04. The molecule has 1 aromatic heterocycles. The van der Waals surface area contributed by atoms with E-state index >= 15 is 0 Å². The average molecular weight is 417 g/mol. The second-order valence-corrected chi connectivity index (χ2v) is 7.63. The number of aliphatic hydroxyl groups excluding tert-OH is 1. The highest BCUT2D eigenvalue weighted by atomic mass is 35.5. The number of aliphatic hydroxyl groups is 1. The molecule has 10 heteroatoms. The number of halogens is 2. The first-order valence-electron chi connectivity index (χ1n) is 7.12. The maximum absolute atomic E-state index is 12.9. The van der Waals surface area contributed by atoms with Crippen molar-refractivity contribution in [2.45, 2.75) is 10.8 Å². The lowest BCUT2D eigenvalue weighted by Crippen LogP contribution is -2.29. The molecule has 26 heavy (non-hydrogen) atoms. The third-order valence-electron chi connectivity index (χ3n) is 2.99. The molecule has 0 bridgehead atoms. The quantitative estimate of drug-likeness (QED) is 0.311. The van der Waals surface area contributed by atoms with E-state index in [4.69, 9.17) is 16.4 Å². The normalized spacial score (nSPS) is 11.3. The molecule has 1 aromatic carbocycles. The fraction of sp³-hybridized carbons (Fsp3) is 0.125. The van der Waals surface area contributed by atoms with Gasteiger partial charge >= 0.3 is 0 Å². The van der Waals surface area contributed by atoms with Crippen LogP contribution in [0.1, 0.15) is 5.56 Å². The number of nitrogens with one attached hydrogen (secondary N) is 1. The van der Waals surface area contributed by atoms with Crippen LogP contribution in [0.5, 0.6) is 0 Å². The van der Waals surface area contributed by atoms with E-state index < -0.39 is 23.4 Å². The Hall–Kier alpha value is -2.07. The van der Waals surface area contributed by atoms with Gasteiger partial charge < -0.3 is 5.11 Å². The number of nitrogens with zero attached hydrogens (tertiary/aromatic N) is 1. The largest absolute Gasteiger partial charge is 0.503 e. The van der Waals surface area contributed by atoms with E-state index in [0.29, 0.717) is 9.90 Å². The van der Waals surface area contributed by atoms with Crippen LogP contribution in [0, 0.1) is 5.82 Å². The molecule has 0 saturated heterocycles. The van der Waals surface area contributed by atoms with E-state index in [1.54, 1.807) is 12.1 Å². The first-order valence-corrected chi connectivity index (χ1v) is 9.13. The Morgan fingerprint density at radius 2 is 2.04 bits per heavy atom. The number of amides is 2. The minimum absolute atomic E-state index is 0.0173. The third kappa shape index (κ3) is 6.03. The summed E-state index contributed by atoms with van der Waals surface area (Å²) in [6, 6.07) is 8.87. The molecule has 1 heterocycles. The number of hydroxylamine groups is 2. The van der Waals surface area contributed by atoms with Crippen molar-refractivity contribution < 1.29 is 23.9 Å². The molecule has 0 aliphatic rings. The number of thiophene rings is 1. The monoisotopic (exact) mass is 416 g/mol. The lowest BCUT2D eigenvalue weighted by Gasteiger charge is -2.18. The molecule has 2 amide bonds.